The second-order valence-corrected chi connectivity index (χ2v) is 10.3. The van der Waals surface area contributed by atoms with Crippen LogP contribution in [-0.2, 0) is 0 Å². The number of ether oxygens (including phenoxy) is 1. The number of amidine groups is 1. The summed E-state index contributed by atoms with van der Waals surface area (Å²) in [6.45, 7) is 4.51. The molecule has 0 saturated heterocycles. The Bertz CT molecular complexity index is 680. The van der Waals surface area contributed by atoms with Gasteiger partial charge in [0.25, 0.3) is 0 Å². The maximum atomic E-state index is 9.50. The molecule has 2 N–H and O–H groups in total. The van der Waals surface area contributed by atoms with Gasteiger partial charge in [-0.1, -0.05) is 78.1 Å². The Labute approximate surface area is 203 Å². The van der Waals surface area contributed by atoms with Gasteiger partial charge in [-0.05, 0) is 54.8 Å². The summed E-state index contributed by atoms with van der Waals surface area (Å²) in [6, 6.07) is 7.20. The lowest BCUT2D eigenvalue weighted by Crippen LogP contribution is -2.40. The molecule has 32 heavy (non-hydrogen) atoms. The number of phenolic OH excluding ortho intramolecular Hbond substituents is 1. The average Bonchev–Trinajstić information content (AvgIpc) is 2.79. The van der Waals surface area contributed by atoms with E-state index in [1.54, 1.807) is 48.0 Å². The summed E-state index contributed by atoms with van der Waals surface area (Å²) >= 11 is 3.56. The van der Waals surface area contributed by atoms with E-state index in [-0.39, 0.29) is 5.75 Å². The van der Waals surface area contributed by atoms with E-state index in [4.69, 9.17) is 4.74 Å². The molecule has 0 aromatic heterocycles. The van der Waals surface area contributed by atoms with E-state index >= 15 is 0 Å². The van der Waals surface area contributed by atoms with E-state index < -0.39 is 0 Å². The minimum atomic E-state index is 0.224. The van der Waals surface area contributed by atoms with Gasteiger partial charge in [-0.25, -0.2) is 9.84 Å². The van der Waals surface area contributed by atoms with Gasteiger partial charge in [0.1, 0.15) is 16.5 Å². The summed E-state index contributed by atoms with van der Waals surface area (Å²) in [6.07, 6.45) is 17.7. The minimum absolute atomic E-state index is 0.224. The van der Waals surface area contributed by atoms with Crippen LogP contribution in [0.4, 0.5) is 0 Å². The number of hydrazine groups is 1. The first-order valence-corrected chi connectivity index (χ1v) is 14.2. The molecule has 0 spiro atoms. The normalized spacial score (nSPS) is 13.5. The van der Waals surface area contributed by atoms with Crippen LogP contribution in [0.15, 0.2) is 40.5 Å². The highest BCUT2D eigenvalue weighted by Crippen LogP contribution is 2.26. The van der Waals surface area contributed by atoms with Gasteiger partial charge in [-0.15, -0.1) is 11.8 Å². The van der Waals surface area contributed by atoms with Gasteiger partial charge in [0.15, 0.2) is 0 Å². The summed E-state index contributed by atoms with van der Waals surface area (Å²) in [7, 11) is 0. The smallest absolute Gasteiger partial charge is 0.316 e. The Balaban J connectivity index is 1.82. The van der Waals surface area contributed by atoms with Crippen LogP contribution >= 0.6 is 23.7 Å². The number of nitrogens with one attached hydrogen (secondary N) is 1. The third-order valence-electron chi connectivity index (χ3n) is 5.17. The molecule has 0 atom stereocenters. The summed E-state index contributed by atoms with van der Waals surface area (Å²) in [5.41, 5.74) is 3.25. The van der Waals surface area contributed by atoms with Crippen molar-refractivity contribution in [2.75, 3.05) is 11.5 Å². The van der Waals surface area contributed by atoms with Crippen LogP contribution in [0, 0.1) is 0 Å². The Morgan fingerprint density at radius 2 is 1.44 bits per heavy atom. The van der Waals surface area contributed by atoms with Crippen LogP contribution in [0.5, 0.6) is 11.5 Å². The first kappa shape index (κ1) is 26.8. The molecule has 0 radical (unpaired) electrons. The molecule has 0 unspecified atom stereocenters. The highest BCUT2D eigenvalue weighted by Gasteiger charge is 2.16. The molecule has 180 valence electrons. The number of nitrogens with zero attached hydrogens (tertiary/aromatic N) is 2. The molecule has 1 aliphatic heterocycles. The molecule has 0 aliphatic carbocycles. The molecular weight excluding hydrogens is 438 g/mol. The van der Waals surface area contributed by atoms with Crippen LogP contribution in [0.3, 0.4) is 0 Å². The lowest BCUT2D eigenvalue weighted by molar-refractivity contribution is 0.438. The number of hydrogen-bond donors (Lipinski definition) is 2. The number of aromatic hydroxyl groups is 1. The molecule has 0 fully saturated rings. The van der Waals surface area contributed by atoms with Crippen molar-refractivity contribution in [1.82, 2.24) is 9.84 Å². The number of hydrogen-bond acceptors (Lipinski definition) is 7. The quantitative estimate of drug-likeness (QED) is 0.175. The second-order valence-electron chi connectivity index (χ2n) is 8.14. The van der Waals surface area contributed by atoms with Gasteiger partial charge in [-0.3, -0.25) is 0 Å². The SMILES string of the molecule is CCCCCCCCSC1=CN(SCCCCCCCC)NC(Oc2ccc(O)cc2)=N1. The number of phenols is 1. The van der Waals surface area contributed by atoms with E-state index in [2.05, 4.69) is 30.5 Å². The first-order chi connectivity index (χ1) is 15.7. The van der Waals surface area contributed by atoms with Crippen LogP contribution in [0.1, 0.15) is 90.9 Å². The number of benzene rings is 1. The van der Waals surface area contributed by atoms with Crippen molar-refractivity contribution in [3.05, 3.63) is 35.5 Å². The fraction of sp³-hybridized carbons (Fsp3) is 0.640. The fourth-order valence-electron chi connectivity index (χ4n) is 3.30. The Hall–Kier alpha value is -1.47. The molecule has 1 aromatic rings. The average molecular weight is 480 g/mol. The zero-order valence-corrected chi connectivity index (χ0v) is 21.5. The van der Waals surface area contributed by atoms with Crippen molar-refractivity contribution in [2.45, 2.75) is 90.9 Å². The fourth-order valence-corrected chi connectivity index (χ4v) is 5.09. The molecule has 0 bridgehead atoms. The highest BCUT2D eigenvalue weighted by molar-refractivity contribution is 8.03. The van der Waals surface area contributed by atoms with Crippen molar-refractivity contribution in [3.63, 3.8) is 0 Å². The van der Waals surface area contributed by atoms with Crippen LogP contribution in [0.25, 0.3) is 0 Å². The zero-order chi connectivity index (χ0) is 22.9. The predicted octanol–water partition coefficient (Wildman–Crippen LogP) is 7.85. The molecular formula is C25H41N3O2S2. The summed E-state index contributed by atoms with van der Waals surface area (Å²) in [4.78, 5) is 4.67. The summed E-state index contributed by atoms with van der Waals surface area (Å²) in [5, 5.41) is 10.5. The second kappa shape index (κ2) is 17.1. The largest absolute Gasteiger partial charge is 0.508 e. The third-order valence-corrected chi connectivity index (χ3v) is 7.10. The zero-order valence-electron chi connectivity index (χ0n) is 19.9. The Morgan fingerprint density at radius 1 is 0.844 bits per heavy atom. The van der Waals surface area contributed by atoms with Crippen molar-refractivity contribution in [1.29, 1.82) is 0 Å². The van der Waals surface area contributed by atoms with Gasteiger partial charge < -0.3 is 9.84 Å². The molecule has 0 amide bonds. The maximum absolute atomic E-state index is 9.50. The van der Waals surface area contributed by atoms with E-state index in [0.717, 1.165) is 16.5 Å². The molecule has 1 aromatic carbocycles. The first-order valence-electron chi connectivity index (χ1n) is 12.3. The standard InChI is InChI=1S/C25H41N3O2S2/c1-3-5-7-9-11-13-19-31-24-21-28(32-20-14-12-10-8-6-4-2)27-25(26-24)30-23-17-15-22(29)16-18-23/h15-18,21,29H,3-14,19-20H2,1-2H3,(H,26,27). The Morgan fingerprint density at radius 3 is 2.09 bits per heavy atom. The summed E-state index contributed by atoms with van der Waals surface area (Å²) < 4.78 is 7.96. The van der Waals surface area contributed by atoms with Gasteiger partial charge in [-0.2, -0.15) is 4.99 Å². The van der Waals surface area contributed by atoms with E-state index in [0.29, 0.717) is 11.8 Å². The molecule has 1 aliphatic rings. The lowest BCUT2D eigenvalue weighted by atomic mass is 10.1. The summed E-state index contributed by atoms with van der Waals surface area (Å²) in [5.74, 6) is 3.01. The highest BCUT2D eigenvalue weighted by atomic mass is 32.2. The lowest BCUT2D eigenvalue weighted by Gasteiger charge is -2.26. The van der Waals surface area contributed by atoms with Crippen molar-refractivity contribution < 1.29 is 9.84 Å². The van der Waals surface area contributed by atoms with Gasteiger partial charge in [0.2, 0.25) is 0 Å². The number of unbranched alkanes of at least 4 members (excludes halogenated alkanes) is 10. The van der Waals surface area contributed by atoms with Crippen molar-refractivity contribution >= 4 is 29.7 Å². The topological polar surface area (TPSA) is 57.1 Å². The molecule has 0 saturated carbocycles. The number of thioether (sulfide) groups is 1. The van der Waals surface area contributed by atoms with Gasteiger partial charge >= 0.3 is 6.02 Å². The van der Waals surface area contributed by atoms with Crippen LogP contribution in [-0.4, -0.2) is 27.0 Å². The maximum Gasteiger partial charge on any atom is 0.316 e. The predicted molar refractivity (Wildman–Crippen MR) is 141 cm³/mol. The van der Waals surface area contributed by atoms with E-state index in [1.165, 1.54) is 77.0 Å². The minimum Gasteiger partial charge on any atom is -0.508 e. The van der Waals surface area contributed by atoms with Crippen LogP contribution < -0.4 is 10.2 Å². The Kier molecular flexibility index (Phi) is 14.3. The molecule has 5 nitrogen and oxygen atoms in total. The molecule has 7 heteroatoms. The monoisotopic (exact) mass is 479 g/mol. The van der Waals surface area contributed by atoms with E-state index in [1.807, 2.05) is 4.41 Å². The van der Waals surface area contributed by atoms with Gasteiger partial charge in [0.05, 0.1) is 6.20 Å². The van der Waals surface area contributed by atoms with Gasteiger partial charge in [0, 0.05) is 5.75 Å². The number of rotatable bonds is 17. The third kappa shape index (κ3) is 12.0. The van der Waals surface area contributed by atoms with Crippen molar-refractivity contribution in [2.24, 2.45) is 4.99 Å². The van der Waals surface area contributed by atoms with E-state index in [9.17, 15) is 5.11 Å². The van der Waals surface area contributed by atoms with Crippen LogP contribution in [0.2, 0.25) is 0 Å². The number of aliphatic imine (C=N–C) groups is 1. The van der Waals surface area contributed by atoms with Crippen molar-refractivity contribution in [3.8, 4) is 11.5 Å². The molecule has 1 heterocycles. The molecule has 2 rings (SSSR count).